The topological polar surface area (TPSA) is 111 Å². The molecular weight excluding hydrogens is 458 g/mol. The number of rotatable bonds is 9. The fourth-order valence-corrected chi connectivity index (χ4v) is 4.96. The molecule has 3 atom stereocenters. The zero-order valence-corrected chi connectivity index (χ0v) is 20.9. The first kappa shape index (κ1) is 25.9. The van der Waals surface area contributed by atoms with Gasteiger partial charge in [-0.1, -0.05) is 60.7 Å². The number of fused-ring (bicyclic) bond motifs is 1. The van der Waals surface area contributed by atoms with Crippen molar-refractivity contribution in [2.24, 2.45) is 17.1 Å². The molecule has 192 valence electrons. The molecule has 0 bridgehead atoms. The Labute approximate surface area is 212 Å². The molecule has 2 aromatic rings. The van der Waals surface area contributed by atoms with E-state index < -0.39 is 22.9 Å². The molecule has 3 N–H and O–H groups in total. The van der Waals surface area contributed by atoms with Gasteiger partial charge in [0.2, 0.25) is 11.8 Å². The third-order valence-electron chi connectivity index (χ3n) is 7.08. The number of esters is 1. The van der Waals surface area contributed by atoms with Gasteiger partial charge in [-0.25, -0.2) is 0 Å². The van der Waals surface area contributed by atoms with Crippen molar-refractivity contribution in [3.05, 3.63) is 71.8 Å². The van der Waals surface area contributed by atoms with Crippen molar-refractivity contribution in [1.82, 2.24) is 10.2 Å². The van der Waals surface area contributed by atoms with Crippen molar-refractivity contribution in [2.75, 3.05) is 26.3 Å². The lowest BCUT2D eigenvalue weighted by Gasteiger charge is -2.42. The number of nitrogens with two attached hydrogens (primary N) is 1. The number of hydrogen-bond acceptors (Lipinski definition) is 6. The number of likely N-dealkylation sites (tertiary alicyclic amines) is 1. The van der Waals surface area contributed by atoms with E-state index in [0.29, 0.717) is 32.6 Å². The second-order valence-corrected chi connectivity index (χ2v) is 10.4. The van der Waals surface area contributed by atoms with E-state index in [0.717, 1.165) is 11.1 Å². The molecule has 2 saturated heterocycles. The Bertz CT molecular complexity index is 1070. The lowest BCUT2D eigenvalue weighted by atomic mass is 9.69. The number of nitrogens with zero attached hydrogens (tertiary/aromatic N) is 1. The highest BCUT2D eigenvalue weighted by molar-refractivity contribution is 5.92. The summed E-state index contributed by atoms with van der Waals surface area (Å²) in [5, 5.41) is 2.78. The van der Waals surface area contributed by atoms with Gasteiger partial charge in [-0.3, -0.25) is 14.4 Å². The monoisotopic (exact) mass is 493 g/mol. The van der Waals surface area contributed by atoms with E-state index >= 15 is 0 Å². The molecule has 4 rings (SSSR count). The summed E-state index contributed by atoms with van der Waals surface area (Å²) < 4.78 is 11.3. The standard InChI is InChI=1S/C28H35N3O5/c1-27(2,29)25(33)30-23(18-35-16-21-11-7-4-8-12-21)24(32)31-14-13-22-17-36-26(34)28(22,19-31)15-20-9-5-3-6-10-20/h3-12,22-23H,13-19,29H2,1-2H3,(H,30,33)/t22?,23-,28?/m1/s1. The molecule has 2 unspecified atom stereocenters. The van der Waals surface area contributed by atoms with Gasteiger partial charge in [0.05, 0.1) is 30.8 Å². The van der Waals surface area contributed by atoms with Gasteiger partial charge in [0.25, 0.3) is 0 Å². The molecule has 0 saturated carbocycles. The van der Waals surface area contributed by atoms with Gasteiger partial charge in [0, 0.05) is 19.0 Å². The van der Waals surface area contributed by atoms with Gasteiger partial charge < -0.3 is 25.4 Å². The fourth-order valence-electron chi connectivity index (χ4n) is 4.96. The van der Waals surface area contributed by atoms with Gasteiger partial charge in [-0.05, 0) is 37.8 Å². The van der Waals surface area contributed by atoms with Crippen molar-refractivity contribution in [2.45, 2.75) is 44.9 Å². The molecule has 0 aliphatic carbocycles. The van der Waals surface area contributed by atoms with Crippen molar-refractivity contribution in [3.63, 3.8) is 0 Å². The molecule has 0 spiro atoms. The molecule has 2 aliphatic heterocycles. The largest absolute Gasteiger partial charge is 0.465 e. The van der Waals surface area contributed by atoms with Gasteiger partial charge in [0.1, 0.15) is 6.04 Å². The van der Waals surface area contributed by atoms with Crippen LogP contribution in [0.25, 0.3) is 0 Å². The highest BCUT2D eigenvalue weighted by atomic mass is 16.5. The smallest absolute Gasteiger partial charge is 0.314 e. The van der Waals surface area contributed by atoms with Crippen LogP contribution in [-0.4, -0.2) is 60.6 Å². The maximum Gasteiger partial charge on any atom is 0.314 e. The summed E-state index contributed by atoms with van der Waals surface area (Å²) in [5.74, 6) is -0.956. The average Bonchev–Trinajstić information content (AvgIpc) is 3.18. The van der Waals surface area contributed by atoms with Gasteiger partial charge in [-0.15, -0.1) is 0 Å². The minimum Gasteiger partial charge on any atom is -0.465 e. The van der Waals surface area contributed by atoms with E-state index in [1.165, 1.54) is 0 Å². The first-order valence-electron chi connectivity index (χ1n) is 12.4. The summed E-state index contributed by atoms with van der Waals surface area (Å²) >= 11 is 0. The van der Waals surface area contributed by atoms with Crippen LogP contribution in [0.5, 0.6) is 0 Å². The number of hydrogen-bond donors (Lipinski definition) is 2. The molecule has 2 aromatic carbocycles. The van der Waals surface area contributed by atoms with E-state index in [2.05, 4.69) is 5.32 Å². The lowest BCUT2D eigenvalue weighted by molar-refractivity contribution is -0.152. The molecule has 2 aliphatic rings. The minimum absolute atomic E-state index is 0.00833. The number of benzene rings is 2. The number of amides is 2. The number of carbonyl (C=O) groups is 3. The van der Waals surface area contributed by atoms with Gasteiger partial charge in [-0.2, -0.15) is 0 Å². The molecule has 8 nitrogen and oxygen atoms in total. The molecule has 2 amide bonds. The summed E-state index contributed by atoms with van der Waals surface area (Å²) in [6, 6.07) is 18.5. The van der Waals surface area contributed by atoms with Crippen LogP contribution in [0.4, 0.5) is 0 Å². The Morgan fingerprint density at radius 1 is 1.14 bits per heavy atom. The number of piperidine rings is 1. The quantitative estimate of drug-likeness (QED) is 0.518. The molecule has 0 radical (unpaired) electrons. The molecule has 8 heteroatoms. The summed E-state index contributed by atoms with van der Waals surface area (Å²) in [6.07, 6.45) is 1.15. The maximum absolute atomic E-state index is 13.7. The molecule has 2 fully saturated rings. The maximum atomic E-state index is 13.7. The summed E-state index contributed by atoms with van der Waals surface area (Å²) in [5.41, 5.74) is 6.01. The van der Waals surface area contributed by atoms with E-state index in [4.69, 9.17) is 15.2 Å². The van der Waals surface area contributed by atoms with Crippen molar-refractivity contribution < 1.29 is 23.9 Å². The van der Waals surface area contributed by atoms with Crippen molar-refractivity contribution in [3.8, 4) is 0 Å². The predicted octanol–water partition coefficient (Wildman–Crippen LogP) is 2.06. The van der Waals surface area contributed by atoms with Crippen LogP contribution in [0.1, 0.15) is 31.4 Å². The number of ether oxygens (including phenoxy) is 2. The summed E-state index contributed by atoms with van der Waals surface area (Å²) in [7, 11) is 0. The van der Waals surface area contributed by atoms with Crippen LogP contribution in [0.15, 0.2) is 60.7 Å². The second kappa shape index (κ2) is 10.8. The van der Waals surface area contributed by atoms with Crippen LogP contribution in [0, 0.1) is 11.3 Å². The Kier molecular flexibility index (Phi) is 7.76. The first-order chi connectivity index (χ1) is 17.2. The van der Waals surface area contributed by atoms with Crippen LogP contribution in [0.3, 0.4) is 0 Å². The lowest BCUT2D eigenvalue weighted by Crippen LogP contribution is -2.61. The normalized spacial score (nSPS) is 22.5. The predicted molar refractivity (Wildman–Crippen MR) is 135 cm³/mol. The Balaban J connectivity index is 1.51. The zero-order valence-electron chi connectivity index (χ0n) is 20.9. The summed E-state index contributed by atoms with van der Waals surface area (Å²) in [4.78, 5) is 41.1. The summed E-state index contributed by atoms with van der Waals surface area (Å²) in [6.45, 7) is 4.56. The van der Waals surface area contributed by atoms with E-state index in [-0.39, 0.29) is 30.9 Å². The Hall–Kier alpha value is -3.23. The van der Waals surface area contributed by atoms with Crippen LogP contribution < -0.4 is 11.1 Å². The molecule has 0 aromatic heterocycles. The van der Waals surface area contributed by atoms with Gasteiger partial charge >= 0.3 is 5.97 Å². The molecule has 2 heterocycles. The molecule has 36 heavy (non-hydrogen) atoms. The molecular formula is C28H35N3O5. The SMILES string of the molecule is CC(C)(N)C(=O)N[C@H](COCc1ccccc1)C(=O)N1CCC2COC(=O)C2(Cc2ccccc2)C1. The van der Waals surface area contributed by atoms with Crippen LogP contribution >= 0.6 is 0 Å². The minimum atomic E-state index is -1.16. The highest BCUT2D eigenvalue weighted by Gasteiger charge is 2.56. The van der Waals surface area contributed by atoms with E-state index in [9.17, 15) is 14.4 Å². The van der Waals surface area contributed by atoms with Crippen molar-refractivity contribution >= 4 is 17.8 Å². The number of nitrogens with one attached hydrogen (secondary N) is 1. The second-order valence-electron chi connectivity index (χ2n) is 10.4. The van der Waals surface area contributed by atoms with Crippen LogP contribution in [0.2, 0.25) is 0 Å². The van der Waals surface area contributed by atoms with Crippen molar-refractivity contribution in [1.29, 1.82) is 0 Å². The van der Waals surface area contributed by atoms with Gasteiger partial charge in [0.15, 0.2) is 0 Å². The number of carbonyl (C=O) groups excluding carboxylic acids is 3. The zero-order chi connectivity index (χ0) is 25.8. The number of cyclic esters (lactones) is 1. The Morgan fingerprint density at radius 2 is 1.78 bits per heavy atom. The fraction of sp³-hybridized carbons (Fsp3) is 0.464. The highest BCUT2D eigenvalue weighted by Crippen LogP contribution is 2.44. The van der Waals surface area contributed by atoms with E-state index in [1.807, 2.05) is 60.7 Å². The third kappa shape index (κ3) is 5.77. The average molecular weight is 494 g/mol. The van der Waals surface area contributed by atoms with E-state index in [1.54, 1.807) is 18.7 Å². The Morgan fingerprint density at radius 3 is 2.42 bits per heavy atom. The third-order valence-corrected chi connectivity index (χ3v) is 7.08. The first-order valence-corrected chi connectivity index (χ1v) is 12.4. The van der Waals surface area contributed by atoms with Crippen LogP contribution in [-0.2, 0) is 36.9 Å².